The molecule has 5 heteroatoms. The van der Waals surface area contributed by atoms with Gasteiger partial charge in [0.15, 0.2) is 5.69 Å². The lowest BCUT2D eigenvalue weighted by molar-refractivity contribution is 0.0778. The van der Waals surface area contributed by atoms with Crippen LogP contribution in [-0.2, 0) is 19.4 Å². The molecule has 122 valence electrons. The topological polar surface area (TPSA) is 38.1 Å². The highest BCUT2D eigenvalue weighted by Gasteiger charge is 2.28. The van der Waals surface area contributed by atoms with E-state index < -0.39 is 0 Å². The van der Waals surface area contributed by atoms with Gasteiger partial charge in [-0.3, -0.25) is 4.79 Å². The molecule has 4 rings (SSSR count). The summed E-state index contributed by atoms with van der Waals surface area (Å²) in [5, 5.41) is 8.80. The number of hydrogen-bond acceptors (Lipinski definition) is 3. The van der Waals surface area contributed by atoms with Crippen molar-refractivity contribution in [1.29, 1.82) is 0 Å². The second-order valence-corrected chi connectivity index (χ2v) is 6.95. The molecule has 1 aliphatic rings. The Balaban J connectivity index is 1.67. The summed E-state index contributed by atoms with van der Waals surface area (Å²) in [6, 6.07) is 12.1. The summed E-state index contributed by atoms with van der Waals surface area (Å²) in [5.74, 6) is 0.00836. The third-order valence-electron chi connectivity index (χ3n) is 4.48. The smallest absolute Gasteiger partial charge is 0.274 e. The quantitative estimate of drug-likeness (QED) is 0.728. The highest BCUT2D eigenvalue weighted by Crippen LogP contribution is 2.28. The molecule has 24 heavy (non-hydrogen) atoms. The molecule has 0 aliphatic heterocycles. The van der Waals surface area contributed by atoms with Gasteiger partial charge in [-0.2, -0.15) is 16.4 Å². The van der Waals surface area contributed by atoms with E-state index in [1.807, 2.05) is 47.4 Å². The average Bonchev–Trinajstić information content (AvgIpc) is 3.32. The van der Waals surface area contributed by atoms with Crippen LogP contribution in [-0.4, -0.2) is 27.6 Å². The molecule has 0 saturated carbocycles. The van der Waals surface area contributed by atoms with E-state index in [2.05, 4.69) is 16.5 Å². The Labute approximate surface area is 145 Å². The van der Waals surface area contributed by atoms with Gasteiger partial charge >= 0.3 is 0 Å². The van der Waals surface area contributed by atoms with Crippen LogP contribution in [0.25, 0.3) is 5.69 Å². The van der Waals surface area contributed by atoms with Crippen LogP contribution in [0.5, 0.6) is 0 Å². The van der Waals surface area contributed by atoms with Crippen LogP contribution in [0.3, 0.4) is 0 Å². The lowest BCUT2D eigenvalue weighted by Crippen LogP contribution is -2.27. The third-order valence-corrected chi connectivity index (χ3v) is 5.21. The molecule has 0 fully saturated rings. The van der Waals surface area contributed by atoms with Crippen molar-refractivity contribution in [2.75, 3.05) is 7.05 Å². The number of amides is 1. The second kappa shape index (κ2) is 6.24. The van der Waals surface area contributed by atoms with Crippen molar-refractivity contribution >= 4 is 17.2 Å². The first-order chi connectivity index (χ1) is 11.7. The maximum absolute atomic E-state index is 12.9. The summed E-state index contributed by atoms with van der Waals surface area (Å²) in [5.41, 5.74) is 5.11. The normalized spacial score (nSPS) is 13.0. The number of carbonyl (C=O) groups excluding carboxylic acids is 1. The predicted octanol–water partition coefficient (Wildman–Crippen LogP) is 3.69. The molecule has 0 spiro atoms. The summed E-state index contributed by atoms with van der Waals surface area (Å²) in [6.07, 6.45) is 3.02. The van der Waals surface area contributed by atoms with Crippen LogP contribution in [0.1, 0.15) is 33.7 Å². The summed E-state index contributed by atoms with van der Waals surface area (Å²) >= 11 is 1.65. The summed E-state index contributed by atoms with van der Waals surface area (Å²) in [4.78, 5) is 14.7. The monoisotopic (exact) mass is 337 g/mol. The van der Waals surface area contributed by atoms with Crippen LogP contribution >= 0.6 is 11.3 Å². The number of para-hydroxylation sites is 1. The van der Waals surface area contributed by atoms with Gasteiger partial charge in [0.05, 0.1) is 5.69 Å². The Kier molecular flexibility index (Phi) is 3.94. The van der Waals surface area contributed by atoms with Gasteiger partial charge in [0.25, 0.3) is 5.91 Å². The summed E-state index contributed by atoms with van der Waals surface area (Å²) < 4.78 is 1.95. The van der Waals surface area contributed by atoms with Crippen molar-refractivity contribution in [2.24, 2.45) is 0 Å². The standard InChI is InChI=1S/C19H19N3OS/c1-21(12-14-10-11-24-13-14)19(23)18-16-8-5-9-17(16)22(20-18)15-6-3-2-4-7-15/h2-4,6-7,10-11,13H,5,8-9,12H2,1H3. The van der Waals surface area contributed by atoms with Crippen LogP contribution in [0.4, 0.5) is 0 Å². The molecule has 2 heterocycles. The largest absolute Gasteiger partial charge is 0.336 e. The van der Waals surface area contributed by atoms with Crippen molar-refractivity contribution in [2.45, 2.75) is 25.8 Å². The number of benzene rings is 1. The van der Waals surface area contributed by atoms with E-state index in [0.717, 1.165) is 36.1 Å². The zero-order valence-electron chi connectivity index (χ0n) is 13.6. The fourth-order valence-electron chi connectivity index (χ4n) is 3.30. The molecule has 1 aliphatic carbocycles. The Morgan fingerprint density at radius 3 is 2.83 bits per heavy atom. The third kappa shape index (κ3) is 2.65. The average molecular weight is 337 g/mol. The minimum atomic E-state index is 0.00836. The zero-order chi connectivity index (χ0) is 16.5. The lowest BCUT2D eigenvalue weighted by Gasteiger charge is -2.15. The van der Waals surface area contributed by atoms with Gasteiger partial charge in [0.1, 0.15) is 0 Å². The first-order valence-electron chi connectivity index (χ1n) is 8.17. The van der Waals surface area contributed by atoms with E-state index in [-0.39, 0.29) is 5.91 Å². The molecule has 0 N–H and O–H groups in total. The molecule has 0 radical (unpaired) electrons. The van der Waals surface area contributed by atoms with Crippen LogP contribution in [0.2, 0.25) is 0 Å². The maximum atomic E-state index is 12.9. The number of nitrogens with zero attached hydrogens (tertiary/aromatic N) is 3. The van der Waals surface area contributed by atoms with E-state index in [1.54, 1.807) is 16.2 Å². The van der Waals surface area contributed by atoms with Crippen molar-refractivity contribution in [3.05, 3.63) is 69.7 Å². The minimum absolute atomic E-state index is 0.00836. The predicted molar refractivity (Wildman–Crippen MR) is 95.7 cm³/mol. The van der Waals surface area contributed by atoms with Crippen LogP contribution in [0.15, 0.2) is 47.2 Å². The van der Waals surface area contributed by atoms with Gasteiger partial charge in [-0.1, -0.05) is 18.2 Å². The molecule has 4 nitrogen and oxygen atoms in total. The van der Waals surface area contributed by atoms with E-state index in [1.165, 1.54) is 5.69 Å². The highest BCUT2D eigenvalue weighted by molar-refractivity contribution is 7.07. The van der Waals surface area contributed by atoms with Crippen molar-refractivity contribution < 1.29 is 4.79 Å². The summed E-state index contributed by atoms with van der Waals surface area (Å²) in [7, 11) is 1.85. The maximum Gasteiger partial charge on any atom is 0.274 e. The van der Waals surface area contributed by atoms with Crippen molar-refractivity contribution in [1.82, 2.24) is 14.7 Å². The molecule has 3 aromatic rings. The Hall–Kier alpha value is -2.40. The Bertz CT molecular complexity index is 852. The van der Waals surface area contributed by atoms with E-state index >= 15 is 0 Å². The highest BCUT2D eigenvalue weighted by atomic mass is 32.1. The van der Waals surface area contributed by atoms with Crippen LogP contribution < -0.4 is 0 Å². The molecule has 1 amide bonds. The first kappa shape index (κ1) is 15.1. The summed E-state index contributed by atoms with van der Waals surface area (Å²) in [6.45, 7) is 0.620. The van der Waals surface area contributed by atoms with Gasteiger partial charge in [0, 0.05) is 24.8 Å². The van der Waals surface area contributed by atoms with Crippen molar-refractivity contribution in [3.8, 4) is 5.69 Å². The number of rotatable bonds is 4. The fourth-order valence-corrected chi connectivity index (χ4v) is 3.96. The number of fused-ring (bicyclic) bond motifs is 1. The molecule has 0 atom stereocenters. The minimum Gasteiger partial charge on any atom is -0.336 e. The zero-order valence-corrected chi connectivity index (χ0v) is 14.4. The molecular weight excluding hydrogens is 318 g/mol. The van der Waals surface area contributed by atoms with Gasteiger partial charge in [0.2, 0.25) is 0 Å². The molecule has 1 aromatic carbocycles. The van der Waals surface area contributed by atoms with Crippen LogP contribution in [0, 0.1) is 0 Å². The number of aromatic nitrogens is 2. The van der Waals surface area contributed by atoms with Gasteiger partial charge in [-0.05, 0) is 53.8 Å². The van der Waals surface area contributed by atoms with E-state index in [9.17, 15) is 4.79 Å². The molecular formula is C19H19N3OS. The Morgan fingerprint density at radius 2 is 2.08 bits per heavy atom. The number of carbonyl (C=O) groups is 1. The Morgan fingerprint density at radius 1 is 1.25 bits per heavy atom. The molecule has 2 aromatic heterocycles. The van der Waals surface area contributed by atoms with Crippen molar-refractivity contribution in [3.63, 3.8) is 0 Å². The SMILES string of the molecule is CN(Cc1ccsc1)C(=O)c1nn(-c2ccccc2)c2c1CCC2. The van der Waals surface area contributed by atoms with Gasteiger partial charge in [-0.15, -0.1) is 0 Å². The van der Waals surface area contributed by atoms with E-state index in [0.29, 0.717) is 12.2 Å². The van der Waals surface area contributed by atoms with E-state index in [4.69, 9.17) is 0 Å². The molecule has 0 saturated heterocycles. The lowest BCUT2D eigenvalue weighted by atomic mass is 10.2. The molecule has 0 bridgehead atoms. The van der Waals surface area contributed by atoms with Gasteiger partial charge in [-0.25, -0.2) is 4.68 Å². The number of hydrogen-bond donors (Lipinski definition) is 0. The second-order valence-electron chi connectivity index (χ2n) is 6.17. The number of thiophene rings is 1. The molecule has 0 unspecified atom stereocenters. The fraction of sp³-hybridized carbons (Fsp3) is 0.263. The van der Waals surface area contributed by atoms with Gasteiger partial charge < -0.3 is 4.90 Å². The first-order valence-corrected chi connectivity index (χ1v) is 9.11.